The van der Waals surface area contributed by atoms with Crippen LogP contribution >= 0.6 is 0 Å². The summed E-state index contributed by atoms with van der Waals surface area (Å²) in [5.41, 5.74) is 2.13. The topological polar surface area (TPSA) is 63.0 Å². The van der Waals surface area contributed by atoms with Gasteiger partial charge in [-0.05, 0) is 31.1 Å². The van der Waals surface area contributed by atoms with E-state index in [1.807, 2.05) is 0 Å². The van der Waals surface area contributed by atoms with E-state index in [1.165, 1.54) is 0 Å². The highest BCUT2D eigenvalue weighted by atomic mass is 19.1. The molecule has 0 amide bonds. The van der Waals surface area contributed by atoms with Crippen LogP contribution in [0, 0.1) is 23.5 Å². The Hall–Kier alpha value is -1.43. The Labute approximate surface area is 111 Å². The van der Waals surface area contributed by atoms with Gasteiger partial charge >= 0.3 is 0 Å². The predicted octanol–water partition coefficient (Wildman–Crippen LogP) is 2.88. The summed E-state index contributed by atoms with van der Waals surface area (Å²) in [4.78, 5) is 3.84. The lowest BCUT2D eigenvalue weighted by Crippen LogP contribution is -2.33. The first-order chi connectivity index (χ1) is 9.01. The van der Waals surface area contributed by atoms with E-state index in [0.29, 0.717) is 11.8 Å². The first-order valence-electron chi connectivity index (χ1n) is 6.60. The van der Waals surface area contributed by atoms with E-state index in [4.69, 9.17) is 5.84 Å². The zero-order valence-corrected chi connectivity index (χ0v) is 11.2. The number of hydrazine groups is 1. The van der Waals surface area contributed by atoms with Gasteiger partial charge in [-0.15, -0.1) is 0 Å². The number of nitrogens with zero attached hydrogens (tertiary/aromatic N) is 1. The van der Waals surface area contributed by atoms with Crippen LogP contribution < -0.4 is 16.6 Å². The van der Waals surface area contributed by atoms with E-state index in [9.17, 15) is 8.78 Å². The highest BCUT2D eigenvalue weighted by molar-refractivity contribution is 5.47. The number of hydrogen-bond acceptors (Lipinski definition) is 4. The fraction of sp³-hybridized carbons (Fsp3) is 0.615. The minimum atomic E-state index is -0.795. The van der Waals surface area contributed by atoms with Crippen molar-refractivity contribution in [2.45, 2.75) is 39.2 Å². The molecule has 19 heavy (non-hydrogen) atoms. The van der Waals surface area contributed by atoms with Gasteiger partial charge in [0.15, 0.2) is 23.3 Å². The molecule has 0 radical (unpaired) electrons. The van der Waals surface area contributed by atoms with Crippen molar-refractivity contribution >= 4 is 11.6 Å². The van der Waals surface area contributed by atoms with Crippen LogP contribution in [0.5, 0.6) is 0 Å². The molecule has 4 N–H and O–H groups in total. The van der Waals surface area contributed by atoms with Gasteiger partial charge in [0.2, 0.25) is 0 Å². The molecule has 6 heteroatoms. The molecule has 4 nitrogen and oxygen atoms in total. The van der Waals surface area contributed by atoms with Gasteiger partial charge in [0.05, 0.1) is 0 Å². The maximum Gasteiger partial charge on any atom is 0.178 e. The number of rotatable bonds is 3. The summed E-state index contributed by atoms with van der Waals surface area (Å²) in [6.07, 6.45) is 3.17. The molecule has 1 aliphatic carbocycles. The van der Waals surface area contributed by atoms with Gasteiger partial charge in [-0.1, -0.05) is 13.8 Å². The minimum Gasteiger partial charge on any atom is -0.365 e. The standard InChI is InChI=1S/C13H20F2N4/c1-7-3-4-11(8(2)5-7)17-12-9(14)6-10(15)13(18-12)19-16/h6-8,11H,3-5,16H2,1-2H3,(H2,17,18,19). The lowest BCUT2D eigenvalue weighted by Gasteiger charge is -2.33. The summed E-state index contributed by atoms with van der Waals surface area (Å²) in [6, 6.07) is 0.954. The molecule has 3 unspecified atom stereocenters. The molecule has 0 bridgehead atoms. The van der Waals surface area contributed by atoms with Crippen molar-refractivity contribution in [2.75, 3.05) is 10.7 Å². The van der Waals surface area contributed by atoms with Crippen LogP contribution in [0.3, 0.4) is 0 Å². The molecular formula is C13H20F2N4. The molecule has 1 heterocycles. The molecule has 106 valence electrons. The van der Waals surface area contributed by atoms with Gasteiger partial charge in [-0.25, -0.2) is 19.6 Å². The summed E-state index contributed by atoms with van der Waals surface area (Å²) in [6.45, 7) is 4.36. The first kappa shape index (κ1) is 14.0. The van der Waals surface area contributed by atoms with E-state index in [-0.39, 0.29) is 17.7 Å². The molecule has 1 saturated carbocycles. The van der Waals surface area contributed by atoms with E-state index in [1.54, 1.807) is 0 Å². The third-order valence-electron chi connectivity index (χ3n) is 3.82. The number of aromatic nitrogens is 1. The maximum atomic E-state index is 13.7. The van der Waals surface area contributed by atoms with Crippen molar-refractivity contribution in [1.29, 1.82) is 0 Å². The normalized spacial score (nSPS) is 27.1. The minimum absolute atomic E-state index is 0.0563. The Balaban J connectivity index is 2.14. The second-order valence-electron chi connectivity index (χ2n) is 5.44. The van der Waals surface area contributed by atoms with Gasteiger partial charge in [0.1, 0.15) is 0 Å². The predicted molar refractivity (Wildman–Crippen MR) is 71.6 cm³/mol. The molecule has 0 spiro atoms. The molecule has 0 saturated heterocycles. The van der Waals surface area contributed by atoms with Crippen LogP contribution in [0.25, 0.3) is 0 Å². The van der Waals surface area contributed by atoms with Gasteiger partial charge in [-0.3, -0.25) is 0 Å². The highest BCUT2D eigenvalue weighted by Crippen LogP contribution is 2.31. The number of pyridine rings is 1. The number of nitrogens with one attached hydrogen (secondary N) is 2. The van der Waals surface area contributed by atoms with E-state index >= 15 is 0 Å². The van der Waals surface area contributed by atoms with Crippen LogP contribution in [0.2, 0.25) is 0 Å². The summed E-state index contributed by atoms with van der Waals surface area (Å²) in [7, 11) is 0. The first-order valence-corrected chi connectivity index (χ1v) is 6.60. The molecule has 0 aliphatic heterocycles. The average Bonchev–Trinajstić information content (AvgIpc) is 2.35. The van der Waals surface area contributed by atoms with Crippen molar-refractivity contribution in [2.24, 2.45) is 17.7 Å². The van der Waals surface area contributed by atoms with Gasteiger partial charge < -0.3 is 10.7 Å². The Bertz CT molecular complexity index is 453. The van der Waals surface area contributed by atoms with Crippen molar-refractivity contribution < 1.29 is 8.78 Å². The molecular weight excluding hydrogens is 250 g/mol. The Morgan fingerprint density at radius 1 is 1.21 bits per heavy atom. The Morgan fingerprint density at radius 3 is 2.53 bits per heavy atom. The Kier molecular flexibility index (Phi) is 4.19. The Morgan fingerprint density at radius 2 is 1.89 bits per heavy atom. The fourth-order valence-corrected chi connectivity index (χ4v) is 2.72. The summed E-state index contributed by atoms with van der Waals surface area (Å²) in [5.74, 6) is 4.69. The second kappa shape index (κ2) is 5.69. The van der Waals surface area contributed by atoms with Crippen molar-refractivity contribution in [3.8, 4) is 0 Å². The average molecular weight is 270 g/mol. The van der Waals surface area contributed by atoms with Crippen molar-refractivity contribution in [3.63, 3.8) is 0 Å². The number of hydrogen-bond donors (Lipinski definition) is 3. The van der Waals surface area contributed by atoms with E-state index in [2.05, 4.69) is 29.6 Å². The molecule has 1 aromatic heterocycles. The molecule has 1 aliphatic rings. The number of halogens is 2. The van der Waals surface area contributed by atoms with Gasteiger partial charge in [0, 0.05) is 12.1 Å². The molecule has 2 rings (SSSR count). The highest BCUT2D eigenvalue weighted by Gasteiger charge is 2.26. The largest absolute Gasteiger partial charge is 0.365 e. The molecule has 1 aromatic rings. The fourth-order valence-electron chi connectivity index (χ4n) is 2.72. The smallest absolute Gasteiger partial charge is 0.178 e. The van der Waals surface area contributed by atoms with Crippen LogP contribution in [0.15, 0.2) is 6.07 Å². The third-order valence-corrected chi connectivity index (χ3v) is 3.82. The monoisotopic (exact) mass is 270 g/mol. The van der Waals surface area contributed by atoms with Crippen LogP contribution in [0.4, 0.5) is 20.4 Å². The lowest BCUT2D eigenvalue weighted by molar-refractivity contribution is 0.275. The molecule has 0 aromatic carbocycles. The third kappa shape index (κ3) is 3.12. The van der Waals surface area contributed by atoms with Gasteiger partial charge in [-0.2, -0.15) is 0 Å². The summed E-state index contributed by atoms with van der Waals surface area (Å²) >= 11 is 0. The second-order valence-corrected chi connectivity index (χ2v) is 5.44. The van der Waals surface area contributed by atoms with Crippen molar-refractivity contribution in [3.05, 3.63) is 17.7 Å². The van der Waals surface area contributed by atoms with Crippen LogP contribution in [-0.2, 0) is 0 Å². The number of nitrogen functional groups attached to an aromatic ring is 1. The molecule has 1 fully saturated rings. The zero-order chi connectivity index (χ0) is 14.0. The van der Waals surface area contributed by atoms with Crippen LogP contribution in [-0.4, -0.2) is 11.0 Å². The lowest BCUT2D eigenvalue weighted by atomic mass is 9.80. The number of nitrogens with two attached hydrogens (primary N) is 1. The molecule has 3 atom stereocenters. The maximum absolute atomic E-state index is 13.7. The van der Waals surface area contributed by atoms with Gasteiger partial charge in [0.25, 0.3) is 0 Å². The summed E-state index contributed by atoms with van der Waals surface area (Å²) < 4.78 is 27.0. The van der Waals surface area contributed by atoms with Crippen molar-refractivity contribution in [1.82, 2.24) is 4.98 Å². The van der Waals surface area contributed by atoms with E-state index < -0.39 is 11.6 Å². The quantitative estimate of drug-likeness (QED) is 0.584. The summed E-state index contributed by atoms with van der Waals surface area (Å²) in [5, 5.41) is 3.07. The number of anilines is 2. The van der Waals surface area contributed by atoms with E-state index in [0.717, 1.165) is 25.3 Å². The SMILES string of the molecule is CC1CCC(Nc2nc(NN)c(F)cc2F)C(C)C1. The zero-order valence-electron chi connectivity index (χ0n) is 11.2. The van der Waals surface area contributed by atoms with Crippen LogP contribution in [0.1, 0.15) is 33.1 Å².